The van der Waals surface area contributed by atoms with Crippen molar-refractivity contribution in [1.82, 2.24) is 0 Å². The summed E-state index contributed by atoms with van der Waals surface area (Å²) in [5.74, 6) is 0.474. The van der Waals surface area contributed by atoms with Gasteiger partial charge in [-0.15, -0.1) is 0 Å². The molecule has 1 heteroatoms. The third kappa shape index (κ3) is 5.86. The molecule has 0 radical (unpaired) electrons. The van der Waals surface area contributed by atoms with Gasteiger partial charge in [0.2, 0.25) is 0 Å². The molecule has 2 aliphatic rings. The average molecular weight is 730 g/mol. The van der Waals surface area contributed by atoms with Crippen LogP contribution < -0.4 is 4.90 Å². The molecule has 0 aromatic heterocycles. The zero-order valence-electron chi connectivity index (χ0n) is 32.0. The lowest BCUT2D eigenvalue weighted by molar-refractivity contribution is 0.629. The van der Waals surface area contributed by atoms with Gasteiger partial charge < -0.3 is 4.90 Å². The normalized spacial score (nSPS) is 16.3. The first-order chi connectivity index (χ1) is 28.2. The van der Waals surface area contributed by atoms with Crippen molar-refractivity contribution >= 4 is 11.4 Å². The minimum atomic E-state index is -0.495. The molecular weight excluding hydrogens is 687 g/mol. The summed E-state index contributed by atoms with van der Waals surface area (Å²) in [5.41, 5.74) is 16.9. The molecule has 0 saturated heterocycles. The van der Waals surface area contributed by atoms with Crippen molar-refractivity contribution in [3.63, 3.8) is 0 Å². The number of fused-ring (bicyclic) bond motifs is 3. The highest BCUT2D eigenvalue weighted by molar-refractivity contribution is 5.91. The topological polar surface area (TPSA) is 3.24 Å². The van der Waals surface area contributed by atoms with E-state index >= 15 is 0 Å². The van der Waals surface area contributed by atoms with Crippen LogP contribution in [0.4, 0.5) is 11.4 Å². The molecule has 2 unspecified atom stereocenters. The smallest absolute Gasteiger partial charge is 0.0714 e. The summed E-state index contributed by atoms with van der Waals surface area (Å²) >= 11 is 0. The molecule has 0 amide bonds. The summed E-state index contributed by atoms with van der Waals surface area (Å²) in [5, 5.41) is 0. The molecular formula is C56H43N. The lowest BCUT2D eigenvalue weighted by atomic mass is 9.67. The molecule has 8 aromatic rings. The fourth-order valence-electron chi connectivity index (χ4n) is 9.54. The summed E-state index contributed by atoms with van der Waals surface area (Å²) in [6, 6.07) is 77.7. The highest BCUT2D eigenvalue weighted by Gasteiger charge is 2.46. The van der Waals surface area contributed by atoms with Crippen LogP contribution in [0.2, 0.25) is 0 Å². The molecule has 0 bridgehead atoms. The Morgan fingerprint density at radius 2 is 0.947 bits per heavy atom. The van der Waals surface area contributed by atoms with Crippen molar-refractivity contribution in [2.24, 2.45) is 5.92 Å². The van der Waals surface area contributed by atoms with E-state index in [4.69, 9.17) is 0 Å². The zero-order chi connectivity index (χ0) is 38.2. The predicted octanol–water partition coefficient (Wildman–Crippen LogP) is 14.4. The van der Waals surface area contributed by atoms with Crippen LogP contribution in [-0.4, -0.2) is 0 Å². The van der Waals surface area contributed by atoms with E-state index in [1.807, 2.05) is 0 Å². The number of nitrogens with zero attached hydrogens (tertiary/aromatic N) is 1. The maximum atomic E-state index is 2.50. The zero-order valence-corrected chi connectivity index (χ0v) is 32.0. The summed E-state index contributed by atoms with van der Waals surface area (Å²) in [4.78, 5) is 2.50. The fourth-order valence-corrected chi connectivity index (χ4v) is 9.54. The SMILES string of the molecule is CC1C=C(N(c2ccc3c(c2)C(c2ccccc2)(c2ccccc2)c2ccccc2-3)c2ccccc2-c2ccccc2)C=CC1c1ccccc1-c1ccccc1. The predicted molar refractivity (Wildman–Crippen MR) is 239 cm³/mol. The second-order valence-electron chi connectivity index (χ2n) is 15.3. The molecule has 0 aliphatic heterocycles. The van der Waals surface area contributed by atoms with E-state index in [0.717, 1.165) is 11.4 Å². The van der Waals surface area contributed by atoms with Gasteiger partial charge in [0.1, 0.15) is 0 Å². The molecule has 57 heavy (non-hydrogen) atoms. The van der Waals surface area contributed by atoms with Gasteiger partial charge in [-0.3, -0.25) is 0 Å². The van der Waals surface area contributed by atoms with Crippen molar-refractivity contribution < 1.29 is 0 Å². The highest BCUT2D eigenvalue weighted by atomic mass is 15.1. The van der Waals surface area contributed by atoms with E-state index in [1.165, 1.54) is 66.9 Å². The molecule has 0 saturated carbocycles. The maximum Gasteiger partial charge on any atom is 0.0714 e. The van der Waals surface area contributed by atoms with Crippen LogP contribution in [0.15, 0.2) is 236 Å². The Bertz CT molecular complexity index is 2710. The second kappa shape index (κ2) is 14.6. The Balaban J connectivity index is 1.18. The van der Waals surface area contributed by atoms with Crippen LogP contribution in [0.25, 0.3) is 33.4 Å². The number of hydrogen-bond acceptors (Lipinski definition) is 1. The number of rotatable bonds is 8. The largest absolute Gasteiger partial charge is 0.310 e. The van der Waals surface area contributed by atoms with Gasteiger partial charge in [-0.1, -0.05) is 213 Å². The molecule has 0 heterocycles. The van der Waals surface area contributed by atoms with Gasteiger partial charge in [-0.25, -0.2) is 0 Å². The van der Waals surface area contributed by atoms with Crippen molar-refractivity contribution in [2.75, 3.05) is 4.90 Å². The summed E-state index contributed by atoms with van der Waals surface area (Å²) < 4.78 is 0. The fraction of sp³-hybridized carbons (Fsp3) is 0.0714. The monoisotopic (exact) mass is 729 g/mol. The standard InChI is InChI=1S/C56H43N/c1-40-38-45(34-36-47(40)50-30-15-14-28-48(50)41-20-6-2-7-21-41)57(55-33-19-17-29-49(55)42-22-8-3-9-23-42)46-35-37-52-51-31-16-18-32-53(51)56(54(52)39-46,43-24-10-4-11-25-43)44-26-12-5-13-27-44/h2-40,47H,1H3. The first kappa shape index (κ1) is 34.5. The molecule has 0 fully saturated rings. The van der Waals surface area contributed by atoms with Crippen LogP contribution in [0.5, 0.6) is 0 Å². The van der Waals surface area contributed by atoms with E-state index in [2.05, 4.69) is 242 Å². The van der Waals surface area contributed by atoms with Crippen LogP contribution in [0.1, 0.15) is 40.7 Å². The number of hydrogen-bond donors (Lipinski definition) is 0. The molecule has 272 valence electrons. The second-order valence-corrected chi connectivity index (χ2v) is 15.3. The molecule has 0 N–H and O–H groups in total. The van der Waals surface area contributed by atoms with Gasteiger partial charge in [0.05, 0.1) is 11.1 Å². The Morgan fingerprint density at radius 1 is 0.439 bits per heavy atom. The molecule has 2 aliphatic carbocycles. The molecule has 2 atom stereocenters. The average Bonchev–Trinajstić information content (AvgIpc) is 3.58. The Morgan fingerprint density at radius 3 is 1.60 bits per heavy atom. The van der Waals surface area contributed by atoms with Gasteiger partial charge >= 0.3 is 0 Å². The van der Waals surface area contributed by atoms with Crippen molar-refractivity contribution in [3.8, 4) is 33.4 Å². The maximum absolute atomic E-state index is 2.50. The third-order valence-electron chi connectivity index (χ3n) is 12.1. The quantitative estimate of drug-likeness (QED) is 0.151. The Labute approximate surface area is 336 Å². The van der Waals surface area contributed by atoms with Crippen LogP contribution in [-0.2, 0) is 5.41 Å². The van der Waals surface area contributed by atoms with Crippen molar-refractivity contribution in [3.05, 3.63) is 264 Å². The van der Waals surface area contributed by atoms with Crippen molar-refractivity contribution in [1.29, 1.82) is 0 Å². The van der Waals surface area contributed by atoms with Crippen LogP contribution in [0, 0.1) is 5.92 Å². The van der Waals surface area contributed by atoms with Crippen LogP contribution in [0.3, 0.4) is 0 Å². The van der Waals surface area contributed by atoms with Gasteiger partial charge in [0.25, 0.3) is 0 Å². The van der Waals surface area contributed by atoms with E-state index < -0.39 is 5.41 Å². The number of allylic oxidation sites excluding steroid dienone is 3. The van der Waals surface area contributed by atoms with Crippen molar-refractivity contribution in [2.45, 2.75) is 18.3 Å². The summed E-state index contributed by atoms with van der Waals surface area (Å²) in [6.07, 6.45) is 7.27. The van der Waals surface area contributed by atoms with Gasteiger partial charge in [0, 0.05) is 22.9 Å². The number of anilines is 2. The van der Waals surface area contributed by atoms with Gasteiger partial charge in [-0.2, -0.15) is 0 Å². The minimum absolute atomic E-state index is 0.231. The minimum Gasteiger partial charge on any atom is -0.310 e. The van der Waals surface area contributed by atoms with Gasteiger partial charge in [0.15, 0.2) is 0 Å². The highest BCUT2D eigenvalue weighted by Crippen LogP contribution is 2.57. The van der Waals surface area contributed by atoms with E-state index in [0.29, 0.717) is 0 Å². The Kier molecular flexibility index (Phi) is 8.84. The van der Waals surface area contributed by atoms with Gasteiger partial charge in [-0.05, 0) is 85.8 Å². The van der Waals surface area contributed by atoms with E-state index in [9.17, 15) is 0 Å². The molecule has 8 aromatic carbocycles. The van der Waals surface area contributed by atoms with E-state index in [-0.39, 0.29) is 11.8 Å². The van der Waals surface area contributed by atoms with E-state index in [1.54, 1.807) is 0 Å². The summed E-state index contributed by atoms with van der Waals surface area (Å²) in [7, 11) is 0. The summed E-state index contributed by atoms with van der Waals surface area (Å²) in [6.45, 7) is 2.37. The molecule has 10 rings (SSSR count). The molecule has 0 spiro atoms. The lowest BCUT2D eigenvalue weighted by Gasteiger charge is -2.36. The molecule has 1 nitrogen and oxygen atoms in total. The lowest BCUT2D eigenvalue weighted by Crippen LogP contribution is -2.29. The first-order valence-corrected chi connectivity index (χ1v) is 20.1. The third-order valence-corrected chi connectivity index (χ3v) is 12.1. The van der Waals surface area contributed by atoms with Crippen LogP contribution >= 0.6 is 0 Å². The first-order valence-electron chi connectivity index (χ1n) is 20.1. The number of para-hydroxylation sites is 1. The number of benzene rings is 8. The Hall–Kier alpha value is -6.96.